The van der Waals surface area contributed by atoms with Crippen LogP contribution in [-0.2, 0) is 23.9 Å². The Labute approximate surface area is 201 Å². The largest absolute Gasteiger partial charge is 0.491 e. The Morgan fingerprint density at radius 3 is 2.33 bits per heavy atom. The van der Waals surface area contributed by atoms with Crippen LogP contribution in [0, 0.1) is 0 Å². The number of nitrogens with zero attached hydrogens (tertiary/aromatic N) is 1. The average Bonchev–Trinajstić information content (AvgIpc) is 3.06. The number of benzene rings is 1. The zero-order valence-electron chi connectivity index (χ0n) is 18.7. The summed E-state index contributed by atoms with van der Waals surface area (Å²) in [5.41, 5.74) is 4.53. The van der Waals surface area contributed by atoms with Crippen LogP contribution in [-0.4, -0.2) is 86.3 Å². The molecule has 1 saturated heterocycles. The van der Waals surface area contributed by atoms with E-state index in [0.29, 0.717) is 18.1 Å². The lowest BCUT2D eigenvalue weighted by Gasteiger charge is -2.27. The van der Waals surface area contributed by atoms with Gasteiger partial charge >= 0.3 is 12.1 Å². The van der Waals surface area contributed by atoms with Crippen LogP contribution >= 0.6 is 0 Å². The number of imide groups is 2. The summed E-state index contributed by atoms with van der Waals surface area (Å²) in [4.78, 5) is 61.8. The second-order valence-electron chi connectivity index (χ2n) is 7.51. The Hall–Kier alpha value is -3.56. The lowest BCUT2D eigenvalue weighted by Crippen LogP contribution is -2.54. The monoisotopic (exact) mass is 517 g/mol. The second-order valence-corrected chi connectivity index (χ2v) is 7.51. The molecule has 0 aliphatic carbocycles. The number of carbonyl (C=O) groups is 5. The summed E-state index contributed by atoms with van der Waals surface area (Å²) in [6.45, 7) is 0.617. The molecule has 196 valence electrons. The normalized spacial score (nSPS) is 17.8. The van der Waals surface area contributed by atoms with Crippen LogP contribution < -0.4 is 20.5 Å². The number of esters is 1. The van der Waals surface area contributed by atoms with Gasteiger partial charge in [-0.1, -0.05) is 0 Å². The van der Waals surface area contributed by atoms with Crippen molar-refractivity contribution in [3.05, 3.63) is 23.3 Å². The molecule has 1 unspecified atom stereocenters. The van der Waals surface area contributed by atoms with Gasteiger partial charge in [0.2, 0.25) is 11.8 Å². The molecule has 1 aromatic rings. The summed E-state index contributed by atoms with van der Waals surface area (Å²) >= 11 is 0. The molecule has 0 aromatic heterocycles. The minimum Gasteiger partial charge on any atom is -0.486 e. The van der Waals surface area contributed by atoms with Crippen molar-refractivity contribution in [3.8, 4) is 11.5 Å². The van der Waals surface area contributed by atoms with E-state index >= 15 is 0 Å². The first-order chi connectivity index (χ1) is 17.1. The third kappa shape index (κ3) is 5.98. The lowest BCUT2D eigenvalue weighted by molar-refractivity contribution is -0.189. The first-order valence-corrected chi connectivity index (χ1v) is 10.7. The van der Waals surface area contributed by atoms with E-state index in [1.54, 1.807) is 0 Å². The summed E-state index contributed by atoms with van der Waals surface area (Å²) < 4.78 is 58.5. The number of hydrogen-bond acceptors (Lipinski definition) is 10. The summed E-state index contributed by atoms with van der Waals surface area (Å²) in [5.74, 6) is -7.35. The van der Waals surface area contributed by atoms with Gasteiger partial charge in [-0.25, -0.2) is 4.79 Å². The molecule has 1 aromatic carbocycles. The highest BCUT2D eigenvalue weighted by atomic mass is 19.4. The molecule has 0 spiro atoms. The van der Waals surface area contributed by atoms with Gasteiger partial charge in [0.15, 0.2) is 11.5 Å². The average molecular weight is 517 g/mol. The molecule has 36 heavy (non-hydrogen) atoms. The summed E-state index contributed by atoms with van der Waals surface area (Å²) in [5, 5.41) is 2.03. The standard InChI is InChI=1S/C21H22F3N3O9/c22-21(23,24)20(32)36-13-3-1-11-15(16(13)35-10-9-34-8-7-33-6-5-25)19(31)27(18(11)30)12-2-4-14(28)26-17(12)29/h1,3,12H,2,4-10,25H2,(H,26,28,29). The fourth-order valence-electron chi connectivity index (χ4n) is 3.50. The molecule has 4 amide bonds. The Morgan fingerprint density at radius 2 is 1.69 bits per heavy atom. The van der Waals surface area contributed by atoms with E-state index in [9.17, 15) is 37.1 Å². The Bertz CT molecular complexity index is 1060. The molecule has 2 aliphatic rings. The van der Waals surface area contributed by atoms with Gasteiger partial charge in [-0.15, -0.1) is 0 Å². The van der Waals surface area contributed by atoms with Crippen LogP contribution in [0.4, 0.5) is 13.2 Å². The van der Waals surface area contributed by atoms with E-state index in [1.165, 1.54) is 0 Å². The molecular formula is C21H22F3N3O9. The molecular weight excluding hydrogens is 495 g/mol. The van der Waals surface area contributed by atoms with Crippen molar-refractivity contribution in [2.75, 3.05) is 39.6 Å². The van der Waals surface area contributed by atoms with Crippen molar-refractivity contribution < 1.29 is 56.1 Å². The fraction of sp³-hybridized carbons (Fsp3) is 0.476. The highest BCUT2D eigenvalue weighted by Gasteiger charge is 2.48. The number of halogens is 3. The van der Waals surface area contributed by atoms with E-state index in [0.717, 1.165) is 12.1 Å². The van der Waals surface area contributed by atoms with Gasteiger partial charge in [0, 0.05) is 13.0 Å². The molecule has 15 heteroatoms. The molecule has 1 atom stereocenters. The van der Waals surface area contributed by atoms with Gasteiger partial charge in [-0.05, 0) is 18.6 Å². The minimum absolute atomic E-state index is 0.0959. The molecule has 3 rings (SSSR count). The van der Waals surface area contributed by atoms with E-state index < -0.39 is 58.9 Å². The van der Waals surface area contributed by atoms with Crippen LogP contribution in [0.25, 0.3) is 0 Å². The third-order valence-corrected chi connectivity index (χ3v) is 5.07. The Balaban J connectivity index is 1.84. The van der Waals surface area contributed by atoms with E-state index in [-0.39, 0.29) is 44.8 Å². The van der Waals surface area contributed by atoms with Gasteiger partial charge in [0.05, 0.1) is 37.6 Å². The van der Waals surface area contributed by atoms with E-state index in [1.807, 2.05) is 5.32 Å². The molecule has 2 heterocycles. The second kappa shape index (κ2) is 11.5. The van der Waals surface area contributed by atoms with Crippen LogP contribution in [0.5, 0.6) is 11.5 Å². The van der Waals surface area contributed by atoms with Crippen molar-refractivity contribution >= 4 is 29.6 Å². The number of rotatable bonds is 11. The number of piperidine rings is 1. The van der Waals surface area contributed by atoms with Gasteiger partial charge in [-0.3, -0.25) is 29.4 Å². The smallest absolute Gasteiger partial charge is 0.486 e. The van der Waals surface area contributed by atoms with E-state index in [2.05, 4.69) is 4.74 Å². The topological polar surface area (TPSA) is 164 Å². The van der Waals surface area contributed by atoms with Crippen LogP contribution in [0.1, 0.15) is 33.6 Å². The Kier molecular flexibility index (Phi) is 8.60. The molecule has 12 nitrogen and oxygen atoms in total. The predicted molar refractivity (Wildman–Crippen MR) is 111 cm³/mol. The number of nitrogens with one attached hydrogen (secondary N) is 1. The molecule has 3 N–H and O–H groups in total. The van der Waals surface area contributed by atoms with Gasteiger partial charge < -0.3 is 24.7 Å². The molecule has 0 bridgehead atoms. The first kappa shape index (κ1) is 27.0. The number of amides is 4. The van der Waals surface area contributed by atoms with Crippen molar-refractivity contribution in [1.82, 2.24) is 10.2 Å². The maximum Gasteiger partial charge on any atom is 0.491 e. The Morgan fingerprint density at radius 1 is 1.03 bits per heavy atom. The van der Waals surface area contributed by atoms with Crippen LogP contribution in [0.3, 0.4) is 0 Å². The first-order valence-electron chi connectivity index (χ1n) is 10.7. The summed E-state index contributed by atoms with van der Waals surface area (Å²) in [6.07, 6.45) is -5.61. The highest BCUT2D eigenvalue weighted by molar-refractivity contribution is 6.25. The van der Waals surface area contributed by atoms with Crippen molar-refractivity contribution in [1.29, 1.82) is 0 Å². The SMILES string of the molecule is NCCOCCOCCOc1c(OC(=O)C(F)(F)F)ccc2c1C(=O)N(C1CCC(=O)NC1=O)C2=O. The predicted octanol–water partition coefficient (Wildman–Crippen LogP) is -0.0738. The lowest BCUT2D eigenvalue weighted by atomic mass is 10.0. The number of fused-ring (bicyclic) bond motifs is 1. The van der Waals surface area contributed by atoms with Gasteiger partial charge in [-0.2, -0.15) is 13.2 Å². The van der Waals surface area contributed by atoms with Crippen molar-refractivity contribution in [3.63, 3.8) is 0 Å². The molecule has 0 saturated carbocycles. The highest BCUT2D eigenvalue weighted by Crippen LogP contribution is 2.40. The van der Waals surface area contributed by atoms with Crippen LogP contribution in [0.15, 0.2) is 12.1 Å². The number of alkyl halides is 3. The van der Waals surface area contributed by atoms with Crippen molar-refractivity contribution in [2.45, 2.75) is 25.1 Å². The fourth-order valence-corrected chi connectivity index (χ4v) is 3.50. The van der Waals surface area contributed by atoms with Crippen molar-refractivity contribution in [2.24, 2.45) is 5.73 Å². The number of nitrogens with two attached hydrogens (primary N) is 1. The number of hydrogen-bond donors (Lipinski definition) is 2. The summed E-state index contributed by atoms with van der Waals surface area (Å²) in [7, 11) is 0. The van der Waals surface area contributed by atoms with Gasteiger partial charge in [0.25, 0.3) is 11.8 Å². The number of ether oxygens (including phenoxy) is 4. The third-order valence-electron chi connectivity index (χ3n) is 5.07. The van der Waals surface area contributed by atoms with Crippen LogP contribution in [0.2, 0.25) is 0 Å². The maximum atomic E-state index is 13.2. The summed E-state index contributed by atoms with van der Waals surface area (Å²) in [6, 6.07) is 0.540. The molecule has 1 fully saturated rings. The minimum atomic E-state index is -5.35. The number of carbonyl (C=O) groups excluding carboxylic acids is 5. The zero-order chi connectivity index (χ0) is 26.5. The maximum absolute atomic E-state index is 13.2. The molecule has 0 radical (unpaired) electrons. The van der Waals surface area contributed by atoms with Gasteiger partial charge in [0.1, 0.15) is 12.6 Å². The molecule has 2 aliphatic heterocycles. The van der Waals surface area contributed by atoms with E-state index in [4.69, 9.17) is 19.9 Å². The quantitative estimate of drug-likeness (QED) is 0.176. The zero-order valence-corrected chi connectivity index (χ0v) is 18.7.